The van der Waals surface area contributed by atoms with Gasteiger partial charge in [0.05, 0.1) is 0 Å². The van der Waals surface area contributed by atoms with Crippen LogP contribution >= 0.6 is 11.6 Å². The Labute approximate surface area is 107 Å². The van der Waals surface area contributed by atoms with Crippen LogP contribution in [0.25, 0.3) is 0 Å². The van der Waals surface area contributed by atoms with Gasteiger partial charge >= 0.3 is 0 Å². The molecule has 1 saturated carbocycles. The molecule has 1 aliphatic carbocycles. The minimum absolute atomic E-state index is 0.128. The molecule has 94 valence electrons. The van der Waals surface area contributed by atoms with Crippen molar-refractivity contribution in [1.29, 1.82) is 0 Å². The number of rotatable bonds is 5. The molecule has 2 rings (SSSR count). The zero-order valence-electron chi connectivity index (χ0n) is 10.2. The van der Waals surface area contributed by atoms with Crippen LogP contribution in [-0.2, 0) is 6.42 Å². The molecule has 1 aliphatic rings. The van der Waals surface area contributed by atoms with E-state index >= 15 is 0 Å². The first kappa shape index (κ1) is 12.8. The highest BCUT2D eigenvalue weighted by Gasteiger charge is 2.37. The number of nitrogens with one attached hydrogen (secondary N) is 1. The van der Waals surface area contributed by atoms with Crippen LogP contribution in [0.2, 0.25) is 5.02 Å². The van der Waals surface area contributed by atoms with Crippen molar-refractivity contribution in [3.05, 3.63) is 34.6 Å². The molecule has 1 nitrogen and oxygen atoms in total. The predicted octanol–water partition coefficient (Wildman–Crippen LogP) is 3.80. The van der Waals surface area contributed by atoms with E-state index in [0.717, 1.165) is 25.1 Å². The van der Waals surface area contributed by atoms with Gasteiger partial charge in [-0.15, -0.1) is 0 Å². The molecule has 0 atom stereocenters. The topological polar surface area (TPSA) is 12.0 Å². The molecule has 17 heavy (non-hydrogen) atoms. The number of halogens is 2. The second-order valence-corrected chi connectivity index (χ2v) is 5.48. The number of hydrogen-bond donors (Lipinski definition) is 1. The molecule has 0 aliphatic heterocycles. The fourth-order valence-corrected chi connectivity index (χ4v) is 2.76. The van der Waals surface area contributed by atoms with Gasteiger partial charge in [-0.3, -0.25) is 0 Å². The Bertz CT molecular complexity index is 388. The van der Waals surface area contributed by atoms with E-state index in [2.05, 4.69) is 12.2 Å². The molecule has 0 bridgehead atoms. The average Bonchev–Trinajstić information content (AvgIpc) is 2.26. The van der Waals surface area contributed by atoms with Crippen LogP contribution < -0.4 is 5.32 Å². The molecule has 0 aromatic heterocycles. The molecule has 1 aromatic carbocycles. The summed E-state index contributed by atoms with van der Waals surface area (Å²) in [6.45, 7) is 4.06. The van der Waals surface area contributed by atoms with Gasteiger partial charge in [0, 0.05) is 11.6 Å². The summed E-state index contributed by atoms with van der Waals surface area (Å²) in [5, 5.41) is 4.01. The minimum atomic E-state index is -0.128. The maximum atomic E-state index is 13.7. The molecular formula is C14H19ClFN. The molecule has 1 aromatic rings. The molecule has 0 radical (unpaired) electrons. The van der Waals surface area contributed by atoms with E-state index in [-0.39, 0.29) is 11.2 Å². The second-order valence-electron chi connectivity index (χ2n) is 5.05. The fraction of sp³-hybridized carbons (Fsp3) is 0.571. The van der Waals surface area contributed by atoms with Crippen molar-refractivity contribution in [2.45, 2.75) is 32.6 Å². The smallest absolute Gasteiger partial charge is 0.126 e. The Hall–Kier alpha value is -0.600. The molecule has 1 fully saturated rings. The lowest BCUT2D eigenvalue weighted by Crippen LogP contribution is -2.41. The normalized spacial score (nSPS) is 17.8. The van der Waals surface area contributed by atoms with Crippen LogP contribution in [0.4, 0.5) is 4.39 Å². The van der Waals surface area contributed by atoms with Crippen molar-refractivity contribution in [1.82, 2.24) is 5.32 Å². The highest BCUT2D eigenvalue weighted by atomic mass is 35.5. The lowest BCUT2D eigenvalue weighted by Gasteiger charge is -2.42. The first-order valence-corrected chi connectivity index (χ1v) is 6.68. The maximum Gasteiger partial charge on any atom is 0.126 e. The summed E-state index contributed by atoms with van der Waals surface area (Å²) in [7, 11) is 0. The van der Waals surface area contributed by atoms with E-state index in [9.17, 15) is 4.39 Å². The summed E-state index contributed by atoms with van der Waals surface area (Å²) in [5.74, 6) is -0.128. The van der Waals surface area contributed by atoms with Gasteiger partial charge in [-0.2, -0.15) is 0 Å². The summed E-state index contributed by atoms with van der Waals surface area (Å²) in [4.78, 5) is 0. The van der Waals surface area contributed by atoms with Gasteiger partial charge in [0.25, 0.3) is 0 Å². The maximum absolute atomic E-state index is 13.7. The van der Waals surface area contributed by atoms with Crippen molar-refractivity contribution in [3.8, 4) is 0 Å². The highest BCUT2D eigenvalue weighted by Crippen LogP contribution is 2.43. The van der Waals surface area contributed by atoms with Gasteiger partial charge in [0.15, 0.2) is 0 Å². The predicted molar refractivity (Wildman–Crippen MR) is 69.9 cm³/mol. The average molecular weight is 256 g/mol. The molecule has 3 heteroatoms. The van der Waals surface area contributed by atoms with Gasteiger partial charge in [-0.1, -0.05) is 24.9 Å². The van der Waals surface area contributed by atoms with E-state index in [1.807, 2.05) is 0 Å². The van der Waals surface area contributed by atoms with Gasteiger partial charge in [-0.05, 0) is 55.0 Å². The fourth-order valence-electron chi connectivity index (χ4n) is 2.57. The highest BCUT2D eigenvalue weighted by molar-refractivity contribution is 6.30. The van der Waals surface area contributed by atoms with Crippen LogP contribution in [0, 0.1) is 11.2 Å². The zero-order valence-corrected chi connectivity index (χ0v) is 11.0. The van der Waals surface area contributed by atoms with E-state index in [4.69, 9.17) is 11.6 Å². The molecule has 0 spiro atoms. The second kappa shape index (κ2) is 5.36. The van der Waals surface area contributed by atoms with Crippen LogP contribution in [0.3, 0.4) is 0 Å². The van der Waals surface area contributed by atoms with E-state index in [1.165, 1.54) is 25.3 Å². The van der Waals surface area contributed by atoms with E-state index in [0.29, 0.717) is 5.02 Å². The molecule has 0 heterocycles. The van der Waals surface area contributed by atoms with Gasteiger partial charge in [0.1, 0.15) is 5.82 Å². The van der Waals surface area contributed by atoms with Crippen molar-refractivity contribution >= 4 is 11.6 Å². The van der Waals surface area contributed by atoms with Crippen molar-refractivity contribution in [2.75, 3.05) is 13.1 Å². The molecule has 0 amide bonds. The van der Waals surface area contributed by atoms with Gasteiger partial charge in [-0.25, -0.2) is 4.39 Å². The quantitative estimate of drug-likeness (QED) is 0.844. The molecule has 0 saturated heterocycles. The van der Waals surface area contributed by atoms with Crippen molar-refractivity contribution in [2.24, 2.45) is 5.41 Å². The monoisotopic (exact) mass is 255 g/mol. The van der Waals surface area contributed by atoms with E-state index in [1.54, 1.807) is 12.1 Å². The zero-order chi connectivity index (χ0) is 12.3. The van der Waals surface area contributed by atoms with Crippen LogP contribution in [0.5, 0.6) is 0 Å². The first-order valence-electron chi connectivity index (χ1n) is 6.30. The van der Waals surface area contributed by atoms with Crippen LogP contribution in [-0.4, -0.2) is 13.1 Å². The Morgan fingerprint density at radius 3 is 2.76 bits per heavy atom. The first-order chi connectivity index (χ1) is 8.15. The minimum Gasteiger partial charge on any atom is -0.316 e. The van der Waals surface area contributed by atoms with Crippen molar-refractivity contribution in [3.63, 3.8) is 0 Å². The Morgan fingerprint density at radius 1 is 1.41 bits per heavy atom. The Morgan fingerprint density at radius 2 is 2.18 bits per heavy atom. The number of benzene rings is 1. The third-order valence-electron chi connectivity index (χ3n) is 3.74. The van der Waals surface area contributed by atoms with Crippen LogP contribution in [0.15, 0.2) is 18.2 Å². The van der Waals surface area contributed by atoms with Gasteiger partial charge < -0.3 is 5.32 Å². The third kappa shape index (κ3) is 2.99. The summed E-state index contributed by atoms with van der Waals surface area (Å²) < 4.78 is 13.7. The summed E-state index contributed by atoms with van der Waals surface area (Å²) in [6, 6.07) is 4.85. The number of hydrogen-bond acceptors (Lipinski definition) is 1. The lowest BCUT2D eigenvalue weighted by molar-refractivity contribution is 0.129. The van der Waals surface area contributed by atoms with Gasteiger partial charge in [0.2, 0.25) is 0 Å². The molecule has 1 N–H and O–H groups in total. The largest absolute Gasteiger partial charge is 0.316 e. The summed E-state index contributed by atoms with van der Waals surface area (Å²) in [6.07, 6.45) is 4.43. The van der Waals surface area contributed by atoms with E-state index < -0.39 is 0 Å². The molecular weight excluding hydrogens is 237 g/mol. The van der Waals surface area contributed by atoms with Crippen LogP contribution in [0.1, 0.15) is 31.7 Å². The lowest BCUT2D eigenvalue weighted by atomic mass is 9.65. The SMILES string of the molecule is CCNCC1(Cc2cc(Cl)ccc2F)CCC1. The summed E-state index contributed by atoms with van der Waals surface area (Å²) in [5.41, 5.74) is 1.01. The third-order valence-corrected chi connectivity index (χ3v) is 3.97. The standard InChI is InChI=1S/C14H19ClFN/c1-2-17-10-14(6-3-7-14)9-11-8-12(15)4-5-13(11)16/h4-5,8,17H,2-3,6-7,9-10H2,1H3. The molecule has 0 unspecified atom stereocenters. The Kier molecular flexibility index (Phi) is 4.05. The Balaban J connectivity index is 2.09. The summed E-state index contributed by atoms with van der Waals surface area (Å²) >= 11 is 5.93. The van der Waals surface area contributed by atoms with Crippen molar-refractivity contribution < 1.29 is 4.39 Å².